The molecule has 0 saturated heterocycles. The Kier molecular flexibility index (Phi) is 6.12. The van der Waals surface area contributed by atoms with Gasteiger partial charge in [0, 0.05) is 27.7 Å². The van der Waals surface area contributed by atoms with Crippen LogP contribution in [-0.4, -0.2) is 19.2 Å². The maximum atomic E-state index is 9.54. The standard InChI is InChI=1S/C20H16BrN3O2S/c1-25-16-6-7-17(19(9-16)26-2)23-11-14(10-22)20-24-18(12-27-20)13-4-3-5-15(21)8-13/h3-9,11-12,23H,1-2H3. The molecule has 1 N–H and O–H groups in total. The van der Waals surface area contributed by atoms with Crippen molar-refractivity contribution >= 4 is 38.5 Å². The van der Waals surface area contributed by atoms with Crippen LogP contribution in [0.1, 0.15) is 5.01 Å². The van der Waals surface area contributed by atoms with Gasteiger partial charge in [0.05, 0.1) is 25.6 Å². The van der Waals surface area contributed by atoms with Crippen molar-refractivity contribution in [1.82, 2.24) is 4.98 Å². The molecule has 0 unspecified atom stereocenters. The molecule has 1 aromatic heterocycles. The van der Waals surface area contributed by atoms with E-state index < -0.39 is 0 Å². The molecule has 0 aliphatic heterocycles. The predicted octanol–water partition coefficient (Wildman–Crippen LogP) is 5.57. The minimum absolute atomic E-state index is 0.444. The predicted molar refractivity (Wildman–Crippen MR) is 112 cm³/mol. The van der Waals surface area contributed by atoms with Crippen molar-refractivity contribution in [2.75, 3.05) is 19.5 Å². The number of halogens is 1. The first-order valence-electron chi connectivity index (χ1n) is 7.95. The highest BCUT2D eigenvalue weighted by Gasteiger charge is 2.10. The molecule has 0 aliphatic carbocycles. The van der Waals surface area contributed by atoms with Gasteiger partial charge < -0.3 is 14.8 Å². The molecule has 0 spiro atoms. The highest BCUT2D eigenvalue weighted by molar-refractivity contribution is 9.10. The molecular weight excluding hydrogens is 426 g/mol. The SMILES string of the molecule is COc1ccc(NC=C(C#N)c2nc(-c3cccc(Br)c3)cs2)c(OC)c1. The number of nitrogens with one attached hydrogen (secondary N) is 1. The summed E-state index contributed by atoms with van der Waals surface area (Å²) in [6, 6.07) is 15.5. The molecule has 0 atom stereocenters. The van der Waals surface area contributed by atoms with Crippen LogP contribution in [0.2, 0.25) is 0 Å². The molecule has 0 bridgehead atoms. The lowest BCUT2D eigenvalue weighted by molar-refractivity contribution is 0.395. The maximum absolute atomic E-state index is 9.54. The first kappa shape index (κ1) is 19.0. The van der Waals surface area contributed by atoms with E-state index in [1.807, 2.05) is 41.8 Å². The van der Waals surface area contributed by atoms with Crippen LogP contribution in [0.5, 0.6) is 11.5 Å². The van der Waals surface area contributed by atoms with E-state index in [2.05, 4.69) is 32.3 Å². The molecule has 136 valence electrons. The Labute approximate surface area is 170 Å². The Morgan fingerprint density at radius 1 is 1.22 bits per heavy atom. The van der Waals surface area contributed by atoms with E-state index >= 15 is 0 Å². The number of hydrogen-bond acceptors (Lipinski definition) is 6. The lowest BCUT2D eigenvalue weighted by Crippen LogP contribution is -1.95. The molecule has 0 radical (unpaired) electrons. The van der Waals surface area contributed by atoms with Crippen LogP contribution in [0, 0.1) is 11.3 Å². The number of hydrogen-bond donors (Lipinski definition) is 1. The third kappa shape index (κ3) is 4.48. The van der Waals surface area contributed by atoms with Crippen LogP contribution >= 0.6 is 27.3 Å². The van der Waals surface area contributed by atoms with Gasteiger partial charge in [0.25, 0.3) is 0 Å². The molecule has 1 heterocycles. The highest BCUT2D eigenvalue weighted by Crippen LogP contribution is 2.31. The summed E-state index contributed by atoms with van der Waals surface area (Å²) in [6.07, 6.45) is 1.63. The summed E-state index contributed by atoms with van der Waals surface area (Å²) >= 11 is 4.89. The van der Waals surface area contributed by atoms with Gasteiger partial charge in [-0.3, -0.25) is 0 Å². The van der Waals surface area contributed by atoms with Gasteiger partial charge in [-0.05, 0) is 24.3 Å². The average molecular weight is 442 g/mol. The Balaban J connectivity index is 1.85. The van der Waals surface area contributed by atoms with Crippen molar-refractivity contribution < 1.29 is 9.47 Å². The monoisotopic (exact) mass is 441 g/mol. The summed E-state index contributed by atoms with van der Waals surface area (Å²) in [4.78, 5) is 4.59. The van der Waals surface area contributed by atoms with Gasteiger partial charge in [-0.1, -0.05) is 28.1 Å². The zero-order valence-electron chi connectivity index (χ0n) is 14.7. The van der Waals surface area contributed by atoms with Gasteiger partial charge in [0.2, 0.25) is 0 Å². The zero-order valence-corrected chi connectivity index (χ0v) is 17.1. The fourth-order valence-electron chi connectivity index (χ4n) is 2.39. The minimum atomic E-state index is 0.444. The number of aromatic nitrogens is 1. The summed E-state index contributed by atoms with van der Waals surface area (Å²) < 4.78 is 11.5. The molecule has 0 fully saturated rings. The smallest absolute Gasteiger partial charge is 0.145 e. The number of nitrogens with zero attached hydrogens (tertiary/aromatic N) is 2. The van der Waals surface area contributed by atoms with Crippen LogP contribution in [0.3, 0.4) is 0 Å². The summed E-state index contributed by atoms with van der Waals surface area (Å²) in [5.74, 6) is 1.32. The van der Waals surface area contributed by atoms with Crippen molar-refractivity contribution in [3.05, 3.63) is 63.5 Å². The number of methoxy groups -OCH3 is 2. The lowest BCUT2D eigenvalue weighted by atomic mass is 10.2. The van der Waals surface area contributed by atoms with Crippen molar-refractivity contribution in [3.8, 4) is 28.8 Å². The molecule has 3 aromatic rings. The topological polar surface area (TPSA) is 67.2 Å². The van der Waals surface area contributed by atoms with E-state index in [0.29, 0.717) is 22.1 Å². The Morgan fingerprint density at radius 2 is 2.07 bits per heavy atom. The van der Waals surface area contributed by atoms with Gasteiger partial charge in [-0.25, -0.2) is 4.98 Å². The third-order valence-electron chi connectivity index (χ3n) is 3.76. The number of rotatable bonds is 6. The normalized spacial score (nSPS) is 11.0. The first-order chi connectivity index (χ1) is 13.1. The zero-order chi connectivity index (χ0) is 19.2. The highest BCUT2D eigenvalue weighted by atomic mass is 79.9. The number of ether oxygens (including phenoxy) is 2. The van der Waals surface area contributed by atoms with Crippen molar-refractivity contribution in [2.45, 2.75) is 0 Å². The number of nitriles is 1. The van der Waals surface area contributed by atoms with E-state index in [1.54, 1.807) is 26.5 Å². The number of thiazole rings is 1. The molecule has 5 nitrogen and oxygen atoms in total. The second kappa shape index (κ2) is 8.71. The Morgan fingerprint density at radius 3 is 2.78 bits per heavy atom. The summed E-state index contributed by atoms with van der Waals surface area (Å²) in [6.45, 7) is 0. The molecular formula is C20H16BrN3O2S. The number of allylic oxidation sites excluding steroid dienone is 1. The first-order valence-corrected chi connectivity index (χ1v) is 9.62. The molecule has 7 heteroatoms. The summed E-state index contributed by atoms with van der Waals surface area (Å²) in [5.41, 5.74) is 3.00. The van der Waals surface area contributed by atoms with Crippen LogP contribution in [0.25, 0.3) is 16.8 Å². The summed E-state index contributed by atoms with van der Waals surface area (Å²) in [5, 5.41) is 15.2. The molecule has 0 saturated carbocycles. The third-order valence-corrected chi connectivity index (χ3v) is 5.12. The van der Waals surface area contributed by atoms with Gasteiger partial charge in [-0.15, -0.1) is 11.3 Å². The van der Waals surface area contributed by atoms with Crippen molar-refractivity contribution in [3.63, 3.8) is 0 Å². The lowest BCUT2D eigenvalue weighted by Gasteiger charge is -2.10. The number of anilines is 1. The second-order valence-electron chi connectivity index (χ2n) is 5.43. The van der Waals surface area contributed by atoms with Crippen LogP contribution in [0.4, 0.5) is 5.69 Å². The van der Waals surface area contributed by atoms with E-state index in [9.17, 15) is 5.26 Å². The second-order valence-corrected chi connectivity index (χ2v) is 7.20. The van der Waals surface area contributed by atoms with E-state index in [-0.39, 0.29) is 0 Å². The molecule has 2 aromatic carbocycles. The molecule has 0 aliphatic rings. The minimum Gasteiger partial charge on any atom is -0.497 e. The summed E-state index contributed by atoms with van der Waals surface area (Å²) in [7, 11) is 3.18. The Hall–Kier alpha value is -2.82. The maximum Gasteiger partial charge on any atom is 0.145 e. The molecule has 3 rings (SSSR count). The van der Waals surface area contributed by atoms with Gasteiger partial charge in [-0.2, -0.15) is 5.26 Å². The largest absolute Gasteiger partial charge is 0.497 e. The van der Waals surface area contributed by atoms with Gasteiger partial charge in [0.15, 0.2) is 0 Å². The Bertz CT molecular complexity index is 1020. The number of benzene rings is 2. The van der Waals surface area contributed by atoms with Crippen LogP contribution < -0.4 is 14.8 Å². The van der Waals surface area contributed by atoms with Crippen molar-refractivity contribution in [1.29, 1.82) is 5.26 Å². The fourth-order valence-corrected chi connectivity index (χ4v) is 3.58. The molecule has 27 heavy (non-hydrogen) atoms. The molecule has 0 amide bonds. The van der Waals surface area contributed by atoms with Gasteiger partial charge in [0.1, 0.15) is 28.1 Å². The average Bonchev–Trinajstić information content (AvgIpc) is 3.18. The fraction of sp³-hybridized carbons (Fsp3) is 0.100. The van der Waals surface area contributed by atoms with E-state index in [1.165, 1.54) is 11.3 Å². The quantitative estimate of drug-likeness (QED) is 0.506. The van der Waals surface area contributed by atoms with Crippen LogP contribution in [0.15, 0.2) is 58.5 Å². The van der Waals surface area contributed by atoms with Crippen molar-refractivity contribution in [2.24, 2.45) is 0 Å². The van der Waals surface area contributed by atoms with E-state index in [0.717, 1.165) is 21.4 Å². The van der Waals surface area contributed by atoms with Gasteiger partial charge >= 0.3 is 0 Å². The van der Waals surface area contributed by atoms with Crippen LogP contribution in [-0.2, 0) is 0 Å². The van der Waals surface area contributed by atoms with E-state index in [4.69, 9.17) is 9.47 Å².